The van der Waals surface area contributed by atoms with Crippen molar-refractivity contribution in [1.29, 1.82) is 0 Å². The Bertz CT molecular complexity index is 1290. The molecule has 182 valence electrons. The maximum absolute atomic E-state index is 13.3. The molecule has 0 unspecified atom stereocenters. The minimum absolute atomic E-state index is 0.0368. The van der Waals surface area contributed by atoms with Gasteiger partial charge in [-0.1, -0.05) is 54.6 Å². The van der Waals surface area contributed by atoms with Crippen LogP contribution in [0.15, 0.2) is 78.9 Å². The minimum Gasteiger partial charge on any atom is -0.477 e. The molecule has 0 aliphatic carbocycles. The molecule has 8 heteroatoms. The van der Waals surface area contributed by atoms with Crippen LogP contribution in [-0.2, 0) is 16.0 Å². The van der Waals surface area contributed by atoms with Gasteiger partial charge in [0.2, 0.25) is 5.91 Å². The third kappa shape index (κ3) is 4.57. The van der Waals surface area contributed by atoms with Crippen LogP contribution in [0.3, 0.4) is 0 Å². The molecule has 0 bridgehead atoms. The molecular weight excluding hydrogens is 458 g/mol. The Labute approximate surface area is 208 Å². The number of hydrogen-bond donors (Lipinski definition) is 1. The van der Waals surface area contributed by atoms with Gasteiger partial charge in [-0.05, 0) is 36.2 Å². The average Bonchev–Trinajstić information content (AvgIpc) is 3.16. The predicted molar refractivity (Wildman–Crippen MR) is 133 cm³/mol. The van der Waals surface area contributed by atoms with Crippen LogP contribution in [0.1, 0.15) is 32.7 Å². The fourth-order valence-electron chi connectivity index (χ4n) is 4.48. The molecule has 36 heavy (non-hydrogen) atoms. The number of para-hydroxylation sites is 2. The van der Waals surface area contributed by atoms with Crippen LogP contribution in [0, 0.1) is 0 Å². The highest BCUT2D eigenvalue weighted by Gasteiger charge is 2.37. The smallest absolute Gasteiger partial charge is 0.262 e. The lowest BCUT2D eigenvalue weighted by Gasteiger charge is -2.34. The summed E-state index contributed by atoms with van der Waals surface area (Å²) in [7, 11) is 0. The Morgan fingerprint density at radius 2 is 1.50 bits per heavy atom. The van der Waals surface area contributed by atoms with E-state index in [1.165, 1.54) is 4.90 Å². The van der Waals surface area contributed by atoms with Crippen molar-refractivity contribution in [1.82, 2.24) is 10.2 Å². The first-order valence-electron chi connectivity index (χ1n) is 11.9. The van der Waals surface area contributed by atoms with Gasteiger partial charge in [-0.3, -0.25) is 24.1 Å². The van der Waals surface area contributed by atoms with E-state index in [-0.39, 0.29) is 31.3 Å². The molecule has 5 rings (SSSR count). The molecule has 0 spiro atoms. The molecular formula is C28H25N3O5. The van der Waals surface area contributed by atoms with Gasteiger partial charge in [-0.25, -0.2) is 0 Å². The van der Waals surface area contributed by atoms with Gasteiger partial charge >= 0.3 is 0 Å². The number of carbonyl (C=O) groups is 4. The third-order valence-corrected chi connectivity index (χ3v) is 6.35. The number of imide groups is 1. The molecule has 2 heterocycles. The number of ether oxygens (including phenoxy) is 1. The normalized spacial score (nSPS) is 16.3. The van der Waals surface area contributed by atoms with Crippen molar-refractivity contribution >= 4 is 29.3 Å². The van der Waals surface area contributed by atoms with Crippen LogP contribution in [0.2, 0.25) is 0 Å². The van der Waals surface area contributed by atoms with E-state index in [1.807, 2.05) is 30.3 Å². The van der Waals surface area contributed by atoms with Crippen molar-refractivity contribution in [3.63, 3.8) is 0 Å². The summed E-state index contributed by atoms with van der Waals surface area (Å²) in [5.74, 6) is -0.980. The van der Waals surface area contributed by atoms with Gasteiger partial charge in [0, 0.05) is 19.5 Å². The average molecular weight is 484 g/mol. The molecule has 2 aliphatic heterocycles. The van der Waals surface area contributed by atoms with Gasteiger partial charge in [0.25, 0.3) is 17.7 Å². The number of nitrogens with one attached hydrogen (secondary N) is 1. The molecule has 2 aliphatic rings. The first-order valence-corrected chi connectivity index (χ1v) is 11.9. The molecule has 3 aromatic rings. The highest BCUT2D eigenvalue weighted by Crippen LogP contribution is 2.34. The highest BCUT2D eigenvalue weighted by molar-refractivity contribution is 6.21. The third-order valence-electron chi connectivity index (χ3n) is 6.35. The molecule has 0 fully saturated rings. The zero-order valence-corrected chi connectivity index (χ0v) is 19.6. The number of nitrogens with zero attached hydrogens (tertiary/aromatic N) is 2. The lowest BCUT2D eigenvalue weighted by atomic mass is 10.1. The Hall–Kier alpha value is -4.46. The fourth-order valence-corrected chi connectivity index (χ4v) is 4.48. The highest BCUT2D eigenvalue weighted by atomic mass is 16.5. The molecule has 8 nitrogen and oxygen atoms in total. The number of hydrogen-bond acceptors (Lipinski definition) is 5. The lowest BCUT2D eigenvalue weighted by Crippen LogP contribution is -2.51. The Morgan fingerprint density at radius 3 is 2.22 bits per heavy atom. The molecule has 0 aromatic heterocycles. The summed E-state index contributed by atoms with van der Waals surface area (Å²) >= 11 is 0. The van der Waals surface area contributed by atoms with Gasteiger partial charge in [0.15, 0.2) is 6.10 Å². The number of carbonyl (C=O) groups excluding carboxylic acids is 4. The second-order valence-corrected chi connectivity index (χ2v) is 8.66. The second kappa shape index (κ2) is 10.0. The van der Waals surface area contributed by atoms with E-state index in [0.29, 0.717) is 35.5 Å². The van der Waals surface area contributed by atoms with E-state index >= 15 is 0 Å². The molecule has 1 atom stereocenters. The van der Waals surface area contributed by atoms with Crippen molar-refractivity contribution in [2.24, 2.45) is 0 Å². The van der Waals surface area contributed by atoms with Gasteiger partial charge in [0.1, 0.15) is 5.75 Å². The standard InChI is InChI=1S/C28H25N3O5/c32-25(15-17-30-27(34)20-10-4-5-11-21(20)28(30)35)31-18-24(36-23-13-7-6-12-22(23)31)26(33)29-16-14-19-8-2-1-3-9-19/h1-13,24H,14-18H2,(H,29,33)/t24-/m0/s1. The van der Waals surface area contributed by atoms with Crippen molar-refractivity contribution in [2.75, 3.05) is 24.5 Å². The quantitative estimate of drug-likeness (QED) is 0.522. The van der Waals surface area contributed by atoms with Crippen LogP contribution in [0.25, 0.3) is 0 Å². The van der Waals surface area contributed by atoms with E-state index in [1.54, 1.807) is 48.5 Å². The second-order valence-electron chi connectivity index (χ2n) is 8.66. The molecule has 0 saturated heterocycles. The largest absolute Gasteiger partial charge is 0.477 e. The summed E-state index contributed by atoms with van der Waals surface area (Å²) in [6, 6.07) is 23.5. The Kier molecular flexibility index (Phi) is 6.49. The topological polar surface area (TPSA) is 96.0 Å². The fraction of sp³-hybridized carbons (Fsp3) is 0.214. The molecule has 0 radical (unpaired) electrons. The predicted octanol–water partition coefficient (Wildman–Crippen LogP) is 2.83. The zero-order valence-electron chi connectivity index (χ0n) is 19.6. The van der Waals surface area contributed by atoms with Gasteiger partial charge in [0.05, 0.1) is 23.4 Å². The lowest BCUT2D eigenvalue weighted by molar-refractivity contribution is -0.128. The van der Waals surface area contributed by atoms with Crippen LogP contribution in [-0.4, -0.2) is 54.3 Å². The van der Waals surface area contributed by atoms with E-state index in [0.717, 1.165) is 10.5 Å². The summed E-state index contributed by atoms with van der Waals surface area (Å²) in [6.45, 7) is 0.436. The van der Waals surface area contributed by atoms with Gasteiger partial charge in [-0.2, -0.15) is 0 Å². The number of benzene rings is 3. The molecule has 1 N–H and O–H groups in total. The first kappa shape index (κ1) is 23.3. The van der Waals surface area contributed by atoms with Crippen molar-refractivity contribution in [3.05, 3.63) is 95.6 Å². The van der Waals surface area contributed by atoms with Gasteiger partial charge in [-0.15, -0.1) is 0 Å². The van der Waals surface area contributed by atoms with E-state index in [2.05, 4.69) is 5.32 Å². The number of fused-ring (bicyclic) bond motifs is 2. The minimum atomic E-state index is -0.876. The van der Waals surface area contributed by atoms with Crippen LogP contribution < -0.4 is 15.0 Å². The SMILES string of the molecule is O=C(NCCc1ccccc1)[C@@H]1CN(C(=O)CCN2C(=O)c3ccccc3C2=O)c2ccccc2O1. The zero-order chi connectivity index (χ0) is 25.1. The summed E-state index contributed by atoms with van der Waals surface area (Å²) < 4.78 is 5.91. The molecule has 0 saturated carbocycles. The molecule has 4 amide bonds. The summed E-state index contributed by atoms with van der Waals surface area (Å²) in [5, 5.41) is 2.89. The maximum Gasteiger partial charge on any atom is 0.262 e. The van der Waals surface area contributed by atoms with E-state index in [4.69, 9.17) is 4.74 Å². The number of amides is 4. The first-order chi connectivity index (χ1) is 17.5. The maximum atomic E-state index is 13.3. The molecule has 3 aromatic carbocycles. The van der Waals surface area contributed by atoms with Crippen LogP contribution in [0.5, 0.6) is 5.75 Å². The van der Waals surface area contributed by atoms with Crippen LogP contribution >= 0.6 is 0 Å². The Balaban J connectivity index is 1.24. The monoisotopic (exact) mass is 483 g/mol. The van der Waals surface area contributed by atoms with Crippen molar-refractivity contribution < 1.29 is 23.9 Å². The summed E-state index contributed by atoms with van der Waals surface area (Å²) in [4.78, 5) is 54.0. The number of anilines is 1. The summed E-state index contributed by atoms with van der Waals surface area (Å²) in [5.41, 5.74) is 2.36. The van der Waals surface area contributed by atoms with Crippen molar-refractivity contribution in [3.8, 4) is 5.75 Å². The Morgan fingerprint density at radius 1 is 0.861 bits per heavy atom. The van der Waals surface area contributed by atoms with Gasteiger partial charge < -0.3 is 15.0 Å². The van der Waals surface area contributed by atoms with E-state index < -0.39 is 17.9 Å². The number of rotatable bonds is 7. The summed E-state index contributed by atoms with van der Waals surface area (Å²) in [6.07, 6.45) is -0.264. The van der Waals surface area contributed by atoms with E-state index in [9.17, 15) is 19.2 Å². The van der Waals surface area contributed by atoms with Crippen molar-refractivity contribution in [2.45, 2.75) is 18.9 Å². The van der Waals surface area contributed by atoms with Crippen LogP contribution in [0.4, 0.5) is 5.69 Å².